The summed E-state index contributed by atoms with van der Waals surface area (Å²) in [5.41, 5.74) is 2.89. The van der Waals surface area contributed by atoms with Gasteiger partial charge in [-0.2, -0.15) is 0 Å². The number of hydrogen-bond donors (Lipinski definition) is 1. The van der Waals surface area contributed by atoms with Gasteiger partial charge >= 0.3 is 5.97 Å². The number of methoxy groups -OCH3 is 1. The van der Waals surface area contributed by atoms with E-state index in [9.17, 15) is 9.59 Å². The van der Waals surface area contributed by atoms with Crippen LogP contribution in [0.3, 0.4) is 0 Å². The van der Waals surface area contributed by atoms with Crippen LogP contribution in [-0.4, -0.2) is 31.3 Å². The van der Waals surface area contributed by atoms with E-state index >= 15 is 0 Å². The van der Waals surface area contributed by atoms with Gasteiger partial charge in [0.25, 0.3) is 5.91 Å². The van der Waals surface area contributed by atoms with E-state index in [4.69, 9.17) is 9.47 Å². The first kappa shape index (κ1) is 18.9. The van der Waals surface area contributed by atoms with Gasteiger partial charge in [-0.3, -0.25) is 9.59 Å². The molecule has 0 saturated heterocycles. The second kappa shape index (κ2) is 9.74. The first-order valence-corrected chi connectivity index (χ1v) is 8.95. The number of hydrogen-bond acceptors (Lipinski definition) is 5. The summed E-state index contributed by atoms with van der Waals surface area (Å²) < 4.78 is 10.1. The predicted molar refractivity (Wildman–Crippen MR) is 99.9 cm³/mol. The van der Waals surface area contributed by atoms with Crippen molar-refractivity contribution in [3.8, 4) is 5.75 Å². The van der Waals surface area contributed by atoms with Crippen LogP contribution in [0.4, 0.5) is 5.69 Å². The fraction of sp³-hybridized carbons (Fsp3) is 0.263. The lowest BCUT2D eigenvalue weighted by Gasteiger charge is -2.10. The third kappa shape index (κ3) is 6.51. The summed E-state index contributed by atoms with van der Waals surface area (Å²) in [6, 6.07) is 15.2. The van der Waals surface area contributed by atoms with Crippen molar-refractivity contribution in [2.24, 2.45) is 0 Å². The molecule has 0 aromatic heterocycles. The maximum atomic E-state index is 11.9. The van der Waals surface area contributed by atoms with Crippen LogP contribution in [0.2, 0.25) is 0 Å². The second-order valence-corrected chi connectivity index (χ2v) is 6.37. The number of benzene rings is 2. The van der Waals surface area contributed by atoms with E-state index in [1.807, 2.05) is 31.2 Å². The lowest BCUT2D eigenvalue weighted by molar-refractivity contribution is -0.144. The van der Waals surface area contributed by atoms with Gasteiger partial charge in [-0.15, -0.1) is 11.8 Å². The van der Waals surface area contributed by atoms with Crippen molar-refractivity contribution in [3.05, 3.63) is 59.7 Å². The van der Waals surface area contributed by atoms with Crippen molar-refractivity contribution in [2.45, 2.75) is 12.7 Å². The molecule has 0 unspecified atom stereocenters. The molecule has 0 fully saturated rings. The topological polar surface area (TPSA) is 64.6 Å². The smallest absolute Gasteiger partial charge is 0.316 e. The van der Waals surface area contributed by atoms with Gasteiger partial charge in [-0.25, -0.2) is 0 Å². The van der Waals surface area contributed by atoms with Crippen molar-refractivity contribution in [1.29, 1.82) is 0 Å². The lowest BCUT2D eigenvalue weighted by Crippen LogP contribution is -2.21. The number of aryl methyl sites for hydroxylation is 1. The summed E-state index contributed by atoms with van der Waals surface area (Å²) in [6.45, 7) is 1.71. The number of esters is 1. The Kier molecular flexibility index (Phi) is 7.35. The number of amides is 1. The van der Waals surface area contributed by atoms with Crippen LogP contribution in [0.5, 0.6) is 5.75 Å². The van der Waals surface area contributed by atoms with Crippen LogP contribution < -0.4 is 10.1 Å². The van der Waals surface area contributed by atoms with Gasteiger partial charge in [0.1, 0.15) is 5.75 Å². The number of rotatable bonds is 8. The van der Waals surface area contributed by atoms with Gasteiger partial charge in [0, 0.05) is 5.75 Å². The molecule has 0 aliphatic carbocycles. The van der Waals surface area contributed by atoms with E-state index in [0.29, 0.717) is 11.4 Å². The minimum absolute atomic E-state index is 0.204. The molecule has 0 aliphatic rings. The summed E-state index contributed by atoms with van der Waals surface area (Å²) in [6.07, 6.45) is 0. The average molecular weight is 359 g/mol. The maximum absolute atomic E-state index is 11.9. The van der Waals surface area contributed by atoms with E-state index in [1.165, 1.54) is 24.4 Å². The molecular formula is C19H21NO4S. The van der Waals surface area contributed by atoms with Crippen molar-refractivity contribution < 1.29 is 19.1 Å². The molecule has 2 aromatic rings. The first-order valence-electron chi connectivity index (χ1n) is 7.80. The highest BCUT2D eigenvalue weighted by atomic mass is 32.2. The molecule has 0 aliphatic heterocycles. The summed E-state index contributed by atoms with van der Waals surface area (Å²) in [4.78, 5) is 23.6. The van der Waals surface area contributed by atoms with Crippen LogP contribution in [0, 0.1) is 6.92 Å². The van der Waals surface area contributed by atoms with Crippen molar-refractivity contribution in [3.63, 3.8) is 0 Å². The highest BCUT2D eigenvalue weighted by Gasteiger charge is 2.10. The van der Waals surface area contributed by atoms with Crippen LogP contribution in [0.25, 0.3) is 0 Å². The van der Waals surface area contributed by atoms with Gasteiger partial charge in [-0.1, -0.05) is 42.0 Å². The Bertz CT molecular complexity index is 716. The van der Waals surface area contributed by atoms with Crippen molar-refractivity contribution >= 4 is 29.3 Å². The Labute approximate surface area is 151 Å². The molecule has 132 valence electrons. The Morgan fingerprint density at radius 1 is 1.08 bits per heavy atom. The Morgan fingerprint density at radius 3 is 2.52 bits per heavy atom. The summed E-state index contributed by atoms with van der Waals surface area (Å²) in [5.74, 6) is 0.669. The minimum Gasteiger partial charge on any atom is -0.495 e. The zero-order valence-corrected chi connectivity index (χ0v) is 15.1. The molecule has 0 atom stereocenters. The molecule has 6 heteroatoms. The molecule has 0 saturated carbocycles. The van der Waals surface area contributed by atoms with Crippen LogP contribution in [-0.2, 0) is 20.1 Å². The Morgan fingerprint density at radius 2 is 1.80 bits per heavy atom. The van der Waals surface area contributed by atoms with Gasteiger partial charge in [0.05, 0.1) is 18.6 Å². The predicted octanol–water partition coefficient (Wildman–Crippen LogP) is 3.42. The fourth-order valence-corrected chi connectivity index (χ4v) is 2.84. The SMILES string of the molecule is COc1ccccc1NC(=O)COC(=O)CSCc1ccc(C)cc1. The second-order valence-electron chi connectivity index (χ2n) is 5.39. The van der Waals surface area contributed by atoms with Crippen LogP contribution >= 0.6 is 11.8 Å². The molecule has 25 heavy (non-hydrogen) atoms. The van der Waals surface area contributed by atoms with E-state index in [2.05, 4.69) is 5.32 Å². The Balaban J connectivity index is 1.68. The molecule has 2 aromatic carbocycles. The molecule has 1 amide bonds. The number of anilines is 1. The summed E-state index contributed by atoms with van der Waals surface area (Å²) in [5, 5.41) is 2.66. The Hall–Kier alpha value is -2.47. The standard InChI is InChI=1S/C19H21NO4S/c1-14-7-9-15(10-8-14)12-25-13-19(22)24-11-18(21)20-16-5-3-4-6-17(16)23-2/h3-10H,11-13H2,1-2H3,(H,20,21). The normalized spacial score (nSPS) is 10.2. The fourth-order valence-electron chi connectivity index (χ4n) is 2.06. The molecule has 5 nitrogen and oxygen atoms in total. The van der Waals surface area contributed by atoms with Crippen LogP contribution in [0.15, 0.2) is 48.5 Å². The van der Waals surface area contributed by atoms with Gasteiger partial charge in [0.15, 0.2) is 6.61 Å². The van der Waals surface area contributed by atoms with Crippen molar-refractivity contribution in [2.75, 3.05) is 24.8 Å². The molecule has 0 bridgehead atoms. The first-order chi connectivity index (χ1) is 12.1. The third-order valence-electron chi connectivity index (χ3n) is 3.35. The van der Waals surface area contributed by atoms with E-state index in [1.54, 1.807) is 24.3 Å². The molecule has 0 radical (unpaired) electrons. The monoisotopic (exact) mass is 359 g/mol. The molecule has 2 rings (SSSR count). The molecule has 0 spiro atoms. The summed E-state index contributed by atoms with van der Waals surface area (Å²) in [7, 11) is 1.52. The highest BCUT2D eigenvalue weighted by Crippen LogP contribution is 2.22. The van der Waals surface area contributed by atoms with Crippen LogP contribution in [0.1, 0.15) is 11.1 Å². The summed E-state index contributed by atoms with van der Waals surface area (Å²) >= 11 is 1.46. The molecule has 0 heterocycles. The quantitative estimate of drug-likeness (QED) is 0.732. The number of carbonyl (C=O) groups is 2. The zero-order valence-electron chi connectivity index (χ0n) is 14.3. The number of ether oxygens (including phenoxy) is 2. The third-order valence-corrected chi connectivity index (χ3v) is 4.33. The largest absolute Gasteiger partial charge is 0.495 e. The number of para-hydroxylation sites is 2. The maximum Gasteiger partial charge on any atom is 0.316 e. The average Bonchev–Trinajstić information content (AvgIpc) is 2.62. The molecular weight excluding hydrogens is 338 g/mol. The number of carbonyl (C=O) groups excluding carboxylic acids is 2. The van der Waals surface area contributed by atoms with E-state index < -0.39 is 11.9 Å². The van der Waals surface area contributed by atoms with E-state index in [-0.39, 0.29) is 12.4 Å². The number of nitrogens with one attached hydrogen (secondary N) is 1. The van der Waals surface area contributed by atoms with Gasteiger partial charge in [0.2, 0.25) is 0 Å². The van der Waals surface area contributed by atoms with Gasteiger partial charge < -0.3 is 14.8 Å². The highest BCUT2D eigenvalue weighted by molar-refractivity contribution is 7.99. The lowest BCUT2D eigenvalue weighted by atomic mass is 10.2. The van der Waals surface area contributed by atoms with Gasteiger partial charge in [-0.05, 0) is 24.6 Å². The minimum atomic E-state index is -0.410. The van der Waals surface area contributed by atoms with Crippen molar-refractivity contribution in [1.82, 2.24) is 0 Å². The molecule has 1 N–H and O–H groups in total. The zero-order chi connectivity index (χ0) is 18.1. The van der Waals surface area contributed by atoms with E-state index in [0.717, 1.165) is 11.3 Å². The number of thioether (sulfide) groups is 1.